The Morgan fingerprint density at radius 2 is 2.04 bits per heavy atom. The van der Waals surface area contributed by atoms with E-state index in [0.29, 0.717) is 12.0 Å². The minimum atomic E-state index is -0.931. The van der Waals surface area contributed by atoms with Gasteiger partial charge in [0.25, 0.3) is 5.91 Å². The predicted octanol–water partition coefficient (Wildman–Crippen LogP) is 3.45. The number of piperidine rings is 1. The summed E-state index contributed by atoms with van der Waals surface area (Å²) < 4.78 is 0. The Morgan fingerprint density at radius 3 is 2.69 bits per heavy atom. The Bertz CT molecular complexity index is 741. The van der Waals surface area contributed by atoms with Crippen molar-refractivity contribution in [3.8, 4) is 0 Å². The molecule has 2 heterocycles. The fourth-order valence-electron chi connectivity index (χ4n) is 3.90. The van der Waals surface area contributed by atoms with Crippen LogP contribution in [0.25, 0.3) is 0 Å². The van der Waals surface area contributed by atoms with Crippen molar-refractivity contribution in [2.45, 2.75) is 43.9 Å². The number of hydrogen-bond acceptors (Lipinski definition) is 4. The highest BCUT2D eigenvalue weighted by atomic mass is 32.1. The number of thiophene rings is 1. The van der Waals surface area contributed by atoms with Gasteiger partial charge in [0, 0.05) is 23.5 Å². The number of carbonyl (C=O) groups is 1. The summed E-state index contributed by atoms with van der Waals surface area (Å²) in [5, 5.41) is 16.4. The number of amides is 1. The lowest BCUT2D eigenvalue weighted by atomic mass is 9.81. The lowest BCUT2D eigenvalue weighted by Crippen LogP contribution is -2.62. The van der Waals surface area contributed by atoms with E-state index in [1.165, 1.54) is 17.7 Å². The second-order valence-corrected chi connectivity index (χ2v) is 8.80. The third-order valence-electron chi connectivity index (χ3n) is 5.63. The van der Waals surface area contributed by atoms with E-state index in [1.807, 2.05) is 37.3 Å². The normalized spacial score (nSPS) is 29.5. The maximum atomic E-state index is 12.8. The van der Waals surface area contributed by atoms with Gasteiger partial charge in [0.1, 0.15) is 0 Å². The highest BCUT2D eigenvalue weighted by molar-refractivity contribution is 7.10. The predicted molar refractivity (Wildman–Crippen MR) is 104 cm³/mol. The Labute approximate surface area is 158 Å². The molecule has 3 atom stereocenters. The smallest absolute Gasteiger partial charge is 0.251 e. The van der Waals surface area contributed by atoms with Crippen molar-refractivity contribution in [1.29, 1.82) is 0 Å². The average molecular weight is 371 g/mol. The van der Waals surface area contributed by atoms with Crippen LogP contribution in [0.1, 0.15) is 47.5 Å². The van der Waals surface area contributed by atoms with E-state index in [2.05, 4.69) is 27.7 Å². The number of likely N-dealkylation sites (tertiary alicyclic amines) is 1. The Balaban J connectivity index is 1.63. The maximum absolute atomic E-state index is 12.8. The number of rotatable bonds is 5. The first-order valence-electron chi connectivity index (χ1n) is 9.40. The molecule has 1 aliphatic heterocycles. The number of aliphatic hydroxyl groups is 1. The van der Waals surface area contributed by atoms with Gasteiger partial charge in [0.15, 0.2) is 0 Å². The summed E-state index contributed by atoms with van der Waals surface area (Å²) in [4.78, 5) is 16.5. The van der Waals surface area contributed by atoms with Gasteiger partial charge in [-0.25, -0.2) is 0 Å². The molecule has 2 aliphatic rings. The second kappa shape index (κ2) is 7.14. The molecule has 5 heteroatoms. The molecule has 3 unspecified atom stereocenters. The minimum absolute atomic E-state index is 0.0204. The molecule has 0 bridgehead atoms. The van der Waals surface area contributed by atoms with Crippen molar-refractivity contribution in [2.75, 3.05) is 13.1 Å². The van der Waals surface area contributed by atoms with Gasteiger partial charge in [0.05, 0.1) is 17.7 Å². The van der Waals surface area contributed by atoms with Gasteiger partial charge in [-0.15, -0.1) is 11.3 Å². The summed E-state index contributed by atoms with van der Waals surface area (Å²) in [6, 6.07) is 13.1. The highest BCUT2D eigenvalue weighted by Gasteiger charge is 2.47. The van der Waals surface area contributed by atoms with Crippen LogP contribution in [0, 0.1) is 5.92 Å². The summed E-state index contributed by atoms with van der Waals surface area (Å²) >= 11 is 1.70. The number of benzene rings is 1. The first-order chi connectivity index (χ1) is 12.5. The fraction of sp³-hybridized carbons (Fsp3) is 0.476. The fourth-order valence-corrected chi connectivity index (χ4v) is 4.80. The van der Waals surface area contributed by atoms with Crippen molar-refractivity contribution in [2.24, 2.45) is 5.92 Å². The topological polar surface area (TPSA) is 52.6 Å². The molecule has 138 valence electrons. The third kappa shape index (κ3) is 3.70. The quantitative estimate of drug-likeness (QED) is 0.848. The molecule has 1 amide bonds. The van der Waals surface area contributed by atoms with Crippen molar-refractivity contribution >= 4 is 17.2 Å². The van der Waals surface area contributed by atoms with Gasteiger partial charge < -0.3 is 10.4 Å². The number of hydrogen-bond donors (Lipinski definition) is 2. The van der Waals surface area contributed by atoms with Crippen LogP contribution < -0.4 is 5.32 Å². The molecular formula is C21H26N2O2S. The van der Waals surface area contributed by atoms with Crippen LogP contribution >= 0.6 is 11.3 Å². The molecule has 2 N–H and O–H groups in total. The highest BCUT2D eigenvalue weighted by Crippen LogP contribution is 2.41. The van der Waals surface area contributed by atoms with Gasteiger partial charge in [0.2, 0.25) is 0 Å². The van der Waals surface area contributed by atoms with E-state index in [0.717, 1.165) is 19.0 Å². The molecule has 26 heavy (non-hydrogen) atoms. The molecule has 1 aromatic carbocycles. The summed E-state index contributed by atoms with van der Waals surface area (Å²) in [6.45, 7) is 3.78. The molecule has 2 fully saturated rings. The molecule has 1 aliphatic carbocycles. The van der Waals surface area contributed by atoms with E-state index >= 15 is 0 Å². The van der Waals surface area contributed by atoms with Crippen LogP contribution in [0.15, 0.2) is 47.8 Å². The monoisotopic (exact) mass is 370 g/mol. The van der Waals surface area contributed by atoms with E-state index in [-0.39, 0.29) is 18.0 Å². The van der Waals surface area contributed by atoms with Gasteiger partial charge in [-0.3, -0.25) is 9.69 Å². The van der Waals surface area contributed by atoms with Crippen LogP contribution in [-0.2, 0) is 0 Å². The Hall–Kier alpha value is -1.69. The molecule has 0 spiro atoms. The van der Waals surface area contributed by atoms with Crippen molar-refractivity contribution in [3.63, 3.8) is 0 Å². The van der Waals surface area contributed by atoms with Crippen molar-refractivity contribution < 1.29 is 9.90 Å². The molecule has 1 aromatic heterocycles. The zero-order valence-electron chi connectivity index (χ0n) is 15.1. The summed E-state index contributed by atoms with van der Waals surface area (Å²) in [6.07, 6.45) is 3.26. The maximum Gasteiger partial charge on any atom is 0.251 e. The molecule has 1 saturated carbocycles. The summed E-state index contributed by atoms with van der Waals surface area (Å²) in [5.41, 5.74) is -0.299. The van der Waals surface area contributed by atoms with E-state index < -0.39 is 5.60 Å². The van der Waals surface area contributed by atoms with E-state index in [4.69, 9.17) is 0 Å². The Morgan fingerprint density at radius 1 is 1.27 bits per heavy atom. The first-order valence-corrected chi connectivity index (χ1v) is 10.3. The van der Waals surface area contributed by atoms with E-state index in [9.17, 15) is 9.90 Å². The number of nitrogens with zero attached hydrogens (tertiary/aromatic N) is 1. The third-order valence-corrected chi connectivity index (χ3v) is 6.57. The molecule has 2 aromatic rings. The molecule has 4 nitrogen and oxygen atoms in total. The SMILES string of the molecule is CC1(O)CCN(CC2CC2)C(c2cccs2)C1NC(=O)c1ccccc1. The standard InChI is InChI=1S/C21H26N2O2S/c1-21(25)11-12-23(14-15-9-10-15)18(17-8-5-13-26-17)19(21)22-20(24)16-6-3-2-4-7-16/h2-8,13,15,18-19,25H,9-12,14H2,1H3,(H,22,24). The lowest BCUT2D eigenvalue weighted by Gasteiger charge is -2.48. The molecule has 1 saturated heterocycles. The van der Waals surface area contributed by atoms with Gasteiger partial charge in [-0.1, -0.05) is 24.3 Å². The number of carbonyl (C=O) groups excluding carboxylic acids is 1. The van der Waals surface area contributed by atoms with Crippen LogP contribution in [0.3, 0.4) is 0 Å². The largest absolute Gasteiger partial charge is 0.388 e. The van der Waals surface area contributed by atoms with E-state index in [1.54, 1.807) is 11.3 Å². The van der Waals surface area contributed by atoms with Crippen molar-refractivity contribution in [1.82, 2.24) is 10.2 Å². The molecular weight excluding hydrogens is 344 g/mol. The number of nitrogens with one attached hydrogen (secondary N) is 1. The average Bonchev–Trinajstić information content (AvgIpc) is 3.29. The van der Waals surface area contributed by atoms with Crippen molar-refractivity contribution in [3.05, 3.63) is 58.3 Å². The summed E-state index contributed by atoms with van der Waals surface area (Å²) in [7, 11) is 0. The molecule has 0 radical (unpaired) electrons. The Kier molecular flexibility index (Phi) is 4.86. The summed E-state index contributed by atoms with van der Waals surface area (Å²) in [5.74, 6) is 0.650. The zero-order valence-corrected chi connectivity index (χ0v) is 15.9. The molecule has 4 rings (SSSR count). The second-order valence-electron chi connectivity index (χ2n) is 7.82. The van der Waals surface area contributed by atoms with Crippen LogP contribution in [0.5, 0.6) is 0 Å². The first kappa shape index (κ1) is 17.7. The van der Waals surface area contributed by atoms with Crippen LogP contribution in [0.4, 0.5) is 0 Å². The lowest BCUT2D eigenvalue weighted by molar-refractivity contribution is -0.0641. The van der Waals surface area contributed by atoms with Gasteiger partial charge >= 0.3 is 0 Å². The van der Waals surface area contributed by atoms with Gasteiger partial charge in [-0.2, -0.15) is 0 Å². The minimum Gasteiger partial charge on any atom is -0.388 e. The zero-order chi connectivity index (χ0) is 18.1. The van der Waals surface area contributed by atoms with Crippen LogP contribution in [0.2, 0.25) is 0 Å². The van der Waals surface area contributed by atoms with Gasteiger partial charge in [-0.05, 0) is 55.7 Å². The van der Waals surface area contributed by atoms with Crippen LogP contribution in [-0.4, -0.2) is 40.6 Å².